The van der Waals surface area contributed by atoms with Gasteiger partial charge < -0.3 is 0 Å². The molecule has 0 fully saturated rings. The molecule has 1 amide bonds. The average molecular weight is 316 g/mol. The number of aromatic nitrogens is 2. The summed E-state index contributed by atoms with van der Waals surface area (Å²) in [6, 6.07) is 14.3. The summed E-state index contributed by atoms with van der Waals surface area (Å²) in [5, 5.41) is 14.8. The predicted molar refractivity (Wildman–Crippen MR) is 83.9 cm³/mol. The van der Waals surface area contributed by atoms with Crippen LogP contribution in [0, 0.1) is 0 Å². The van der Waals surface area contributed by atoms with Gasteiger partial charge in [0.15, 0.2) is 0 Å². The zero-order valence-electron chi connectivity index (χ0n) is 11.6. The molecular formula is C16H14ClN3O2. The van der Waals surface area contributed by atoms with Crippen LogP contribution in [0.25, 0.3) is 10.9 Å². The number of hydrogen-bond donors (Lipinski definition) is 2. The van der Waals surface area contributed by atoms with Crippen molar-refractivity contribution in [3.63, 3.8) is 0 Å². The maximum Gasteiger partial charge on any atom is 0.268 e. The molecule has 0 spiro atoms. The molecule has 22 heavy (non-hydrogen) atoms. The average Bonchev–Trinajstić information content (AvgIpc) is 2.95. The van der Waals surface area contributed by atoms with Crippen molar-refractivity contribution >= 4 is 28.4 Å². The molecule has 0 aliphatic heterocycles. The largest absolute Gasteiger partial charge is 0.289 e. The van der Waals surface area contributed by atoms with Gasteiger partial charge in [0.05, 0.1) is 11.7 Å². The lowest BCUT2D eigenvalue weighted by molar-refractivity contribution is -0.132. The molecule has 112 valence electrons. The van der Waals surface area contributed by atoms with Crippen molar-refractivity contribution < 1.29 is 10.0 Å². The first kappa shape index (κ1) is 14.6. The Labute approximate surface area is 132 Å². The maximum atomic E-state index is 12.1. The van der Waals surface area contributed by atoms with Gasteiger partial charge in [-0.05, 0) is 23.8 Å². The van der Waals surface area contributed by atoms with Gasteiger partial charge in [-0.1, -0.05) is 41.9 Å². The molecule has 0 aliphatic carbocycles. The molecule has 0 saturated heterocycles. The first-order valence-corrected chi connectivity index (χ1v) is 7.17. The van der Waals surface area contributed by atoms with E-state index in [0.717, 1.165) is 16.5 Å². The first-order valence-electron chi connectivity index (χ1n) is 6.79. The van der Waals surface area contributed by atoms with Crippen LogP contribution in [0.15, 0.2) is 54.7 Å². The Kier molecular flexibility index (Phi) is 4.09. The van der Waals surface area contributed by atoms with Crippen molar-refractivity contribution in [1.82, 2.24) is 15.3 Å². The fraction of sp³-hybridized carbons (Fsp3) is 0.125. The molecule has 3 aromatic rings. The molecule has 0 bridgehead atoms. The van der Waals surface area contributed by atoms with E-state index in [-0.39, 0.29) is 0 Å². The normalized spacial score (nSPS) is 12.3. The second kappa shape index (κ2) is 6.17. The smallest absolute Gasteiger partial charge is 0.268 e. The molecule has 5 nitrogen and oxygen atoms in total. The van der Waals surface area contributed by atoms with Crippen LogP contribution in [0.2, 0.25) is 5.02 Å². The van der Waals surface area contributed by atoms with E-state index in [1.54, 1.807) is 28.5 Å². The minimum Gasteiger partial charge on any atom is -0.289 e. The van der Waals surface area contributed by atoms with Crippen LogP contribution in [0.4, 0.5) is 0 Å². The second-order valence-corrected chi connectivity index (χ2v) is 5.41. The molecule has 3 rings (SSSR count). The van der Waals surface area contributed by atoms with Crippen LogP contribution in [0.3, 0.4) is 0 Å². The highest BCUT2D eigenvalue weighted by Crippen LogP contribution is 2.23. The lowest BCUT2D eigenvalue weighted by atomic mass is 10.1. The van der Waals surface area contributed by atoms with Gasteiger partial charge in [-0.2, -0.15) is 5.10 Å². The van der Waals surface area contributed by atoms with Gasteiger partial charge in [0, 0.05) is 16.8 Å². The SMILES string of the molecule is O=C(NO)C(Cc1ccccc1)n1ncc2cc(Cl)ccc21. The highest BCUT2D eigenvalue weighted by molar-refractivity contribution is 6.31. The Balaban J connectivity index is 2.02. The minimum absolute atomic E-state index is 0.423. The van der Waals surface area contributed by atoms with Crippen molar-refractivity contribution in [3.8, 4) is 0 Å². The number of amides is 1. The van der Waals surface area contributed by atoms with E-state index in [0.29, 0.717) is 11.4 Å². The van der Waals surface area contributed by atoms with Crippen LogP contribution >= 0.6 is 11.6 Å². The molecule has 1 unspecified atom stereocenters. The topological polar surface area (TPSA) is 67.2 Å². The van der Waals surface area contributed by atoms with Crippen LogP contribution in [0.1, 0.15) is 11.6 Å². The molecule has 1 heterocycles. The summed E-state index contributed by atoms with van der Waals surface area (Å²) >= 11 is 5.97. The molecule has 0 radical (unpaired) electrons. The van der Waals surface area contributed by atoms with Crippen molar-refractivity contribution in [3.05, 3.63) is 65.3 Å². The van der Waals surface area contributed by atoms with E-state index < -0.39 is 11.9 Å². The summed E-state index contributed by atoms with van der Waals surface area (Å²) in [4.78, 5) is 12.1. The lowest BCUT2D eigenvalue weighted by Crippen LogP contribution is -2.32. The Hall–Kier alpha value is -2.37. The van der Waals surface area contributed by atoms with Gasteiger partial charge in [-0.25, -0.2) is 5.48 Å². The molecule has 0 aliphatic rings. The second-order valence-electron chi connectivity index (χ2n) is 4.97. The number of nitrogens with zero attached hydrogens (tertiary/aromatic N) is 2. The summed E-state index contributed by atoms with van der Waals surface area (Å²) in [6.07, 6.45) is 2.08. The lowest BCUT2D eigenvalue weighted by Gasteiger charge is -2.16. The number of carbonyl (C=O) groups is 1. The molecule has 1 atom stereocenters. The minimum atomic E-state index is -0.647. The van der Waals surface area contributed by atoms with E-state index in [9.17, 15) is 4.79 Å². The number of halogens is 1. The van der Waals surface area contributed by atoms with E-state index in [1.165, 1.54) is 0 Å². The van der Waals surface area contributed by atoms with Crippen LogP contribution < -0.4 is 5.48 Å². The molecule has 6 heteroatoms. The number of hydrogen-bond acceptors (Lipinski definition) is 3. The van der Waals surface area contributed by atoms with Gasteiger partial charge in [0.2, 0.25) is 0 Å². The third-order valence-electron chi connectivity index (χ3n) is 3.54. The predicted octanol–water partition coefficient (Wildman–Crippen LogP) is 2.98. The van der Waals surface area contributed by atoms with Crippen LogP contribution in [-0.4, -0.2) is 20.9 Å². The standard InChI is InChI=1S/C16H14ClN3O2/c17-13-6-7-14-12(9-13)10-18-20(14)15(16(21)19-22)8-11-4-2-1-3-5-11/h1-7,9-10,15,22H,8H2,(H,19,21). The van der Waals surface area contributed by atoms with Crippen LogP contribution in [0.5, 0.6) is 0 Å². The fourth-order valence-electron chi connectivity index (χ4n) is 2.47. The third kappa shape index (κ3) is 2.81. The quantitative estimate of drug-likeness (QED) is 0.574. The molecule has 2 N–H and O–H groups in total. The van der Waals surface area contributed by atoms with Gasteiger partial charge in [-0.3, -0.25) is 14.7 Å². The number of carbonyl (C=O) groups excluding carboxylic acids is 1. The fourth-order valence-corrected chi connectivity index (χ4v) is 2.66. The Morgan fingerprint density at radius 3 is 2.77 bits per heavy atom. The Morgan fingerprint density at radius 2 is 2.05 bits per heavy atom. The number of rotatable bonds is 4. The van der Waals surface area contributed by atoms with Crippen molar-refractivity contribution in [2.75, 3.05) is 0 Å². The highest BCUT2D eigenvalue weighted by atomic mass is 35.5. The van der Waals surface area contributed by atoms with E-state index in [4.69, 9.17) is 16.8 Å². The number of fused-ring (bicyclic) bond motifs is 1. The zero-order chi connectivity index (χ0) is 15.5. The summed E-state index contributed by atoms with van der Waals surface area (Å²) in [5.74, 6) is -0.510. The van der Waals surface area contributed by atoms with Crippen molar-refractivity contribution in [2.24, 2.45) is 0 Å². The zero-order valence-corrected chi connectivity index (χ0v) is 12.4. The number of hydroxylamine groups is 1. The van der Waals surface area contributed by atoms with Crippen molar-refractivity contribution in [1.29, 1.82) is 0 Å². The van der Waals surface area contributed by atoms with Gasteiger partial charge in [0.25, 0.3) is 5.91 Å². The molecule has 1 aromatic heterocycles. The van der Waals surface area contributed by atoms with E-state index in [2.05, 4.69) is 5.10 Å². The number of nitrogens with one attached hydrogen (secondary N) is 1. The Morgan fingerprint density at radius 1 is 1.27 bits per heavy atom. The summed E-state index contributed by atoms with van der Waals surface area (Å²) in [7, 11) is 0. The van der Waals surface area contributed by atoms with Crippen LogP contribution in [-0.2, 0) is 11.2 Å². The maximum absolute atomic E-state index is 12.1. The first-order chi connectivity index (χ1) is 10.7. The van der Waals surface area contributed by atoms with Gasteiger partial charge in [-0.15, -0.1) is 0 Å². The summed E-state index contributed by atoms with van der Waals surface area (Å²) in [6.45, 7) is 0. The monoisotopic (exact) mass is 315 g/mol. The molecule has 2 aromatic carbocycles. The third-order valence-corrected chi connectivity index (χ3v) is 3.77. The van der Waals surface area contributed by atoms with Gasteiger partial charge in [0.1, 0.15) is 6.04 Å². The summed E-state index contributed by atoms with van der Waals surface area (Å²) < 4.78 is 1.60. The highest BCUT2D eigenvalue weighted by Gasteiger charge is 2.23. The van der Waals surface area contributed by atoms with E-state index >= 15 is 0 Å². The summed E-state index contributed by atoms with van der Waals surface area (Å²) in [5.41, 5.74) is 3.49. The van der Waals surface area contributed by atoms with Crippen molar-refractivity contribution in [2.45, 2.75) is 12.5 Å². The molecular weight excluding hydrogens is 302 g/mol. The number of benzene rings is 2. The Bertz CT molecular complexity index is 802. The van der Waals surface area contributed by atoms with E-state index in [1.807, 2.05) is 36.4 Å². The van der Waals surface area contributed by atoms with Gasteiger partial charge >= 0.3 is 0 Å². The molecule has 0 saturated carbocycles.